The molecule has 0 aliphatic rings. The highest BCUT2D eigenvalue weighted by molar-refractivity contribution is 6.04. The zero-order valence-corrected chi connectivity index (χ0v) is 17.9. The molecule has 0 spiro atoms. The van der Waals surface area contributed by atoms with Crippen LogP contribution in [0.1, 0.15) is 39.4 Å². The number of furan rings is 1. The van der Waals surface area contributed by atoms with E-state index in [0.717, 1.165) is 5.56 Å². The number of hydrogen-bond donors (Lipinski definition) is 3. The third kappa shape index (κ3) is 6.79. The first-order valence-electron chi connectivity index (χ1n) is 10.2. The van der Waals surface area contributed by atoms with Crippen molar-refractivity contribution in [2.24, 2.45) is 0 Å². The highest BCUT2D eigenvalue weighted by atomic mass is 16.5. The van der Waals surface area contributed by atoms with Crippen molar-refractivity contribution in [2.75, 3.05) is 18.5 Å². The molecule has 0 saturated carbocycles. The second kappa shape index (κ2) is 11.3. The SMILES string of the molecule is CC(NC(=O)c1ccccc1NC(=O)COC(=O)CNC(=O)c1ccco1)c1ccccc1. The van der Waals surface area contributed by atoms with Crippen molar-refractivity contribution in [2.45, 2.75) is 13.0 Å². The average molecular weight is 449 g/mol. The van der Waals surface area contributed by atoms with Crippen LogP contribution in [0.5, 0.6) is 0 Å². The summed E-state index contributed by atoms with van der Waals surface area (Å²) in [6.07, 6.45) is 1.33. The molecule has 3 N–H and O–H groups in total. The van der Waals surface area contributed by atoms with Crippen LogP contribution in [0.15, 0.2) is 77.4 Å². The van der Waals surface area contributed by atoms with Gasteiger partial charge in [-0.2, -0.15) is 0 Å². The fraction of sp³-hybridized carbons (Fsp3) is 0.167. The Balaban J connectivity index is 1.50. The number of benzene rings is 2. The summed E-state index contributed by atoms with van der Waals surface area (Å²) in [5.41, 5.74) is 1.49. The first kappa shape index (κ1) is 23.3. The van der Waals surface area contributed by atoms with E-state index in [0.29, 0.717) is 0 Å². The molecule has 3 aromatic rings. The number of carbonyl (C=O) groups is 4. The van der Waals surface area contributed by atoms with Gasteiger partial charge in [-0.3, -0.25) is 19.2 Å². The quantitative estimate of drug-likeness (QED) is 0.431. The lowest BCUT2D eigenvalue weighted by molar-refractivity contribution is -0.146. The van der Waals surface area contributed by atoms with Crippen LogP contribution in [0.25, 0.3) is 0 Å². The second-order valence-electron chi connectivity index (χ2n) is 7.02. The predicted molar refractivity (Wildman–Crippen MR) is 119 cm³/mol. The largest absolute Gasteiger partial charge is 0.459 e. The summed E-state index contributed by atoms with van der Waals surface area (Å²) in [4.78, 5) is 48.5. The van der Waals surface area contributed by atoms with Crippen LogP contribution in [0.3, 0.4) is 0 Å². The van der Waals surface area contributed by atoms with Crippen LogP contribution in [0.2, 0.25) is 0 Å². The van der Waals surface area contributed by atoms with Gasteiger partial charge in [0, 0.05) is 0 Å². The van der Waals surface area contributed by atoms with Crippen molar-refractivity contribution in [1.29, 1.82) is 0 Å². The molecule has 0 aliphatic carbocycles. The molecule has 33 heavy (non-hydrogen) atoms. The number of amides is 3. The van der Waals surface area contributed by atoms with Gasteiger partial charge in [-0.1, -0.05) is 42.5 Å². The van der Waals surface area contributed by atoms with Crippen molar-refractivity contribution in [3.8, 4) is 0 Å². The maximum Gasteiger partial charge on any atom is 0.325 e. The first-order chi connectivity index (χ1) is 15.9. The monoisotopic (exact) mass is 449 g/mol. The molecular formula is C24H23N3O6. The van der Waals surface area contributed by atoms with Gasteiger partial charge in [-0.15, -0.1) is 0 Å². The van der Waals surface area contributed by atoms with E-state index in [9.17, 15) is 19.2 Å². The Morgan fingerprint density at radius 1 is 0.909 bits per heavy atom. The smallest absolute Gasteiger partial charge is 0.325 e. The van der Waals surface area contributed by atoms with Crippen molar-refractivity contribution in [3.63, 3.8) is 0 Å². The zero-order valence-electron chi connectivity index (χ0n) is 17.9. The molecule has 2 aromatic carbocycles. The molecule has 0 saturated heterocycles. The molecule has 0 radical (unpaired) electrons. The molecule has 1 atom stereocenters. The van der Waals surface area contributed by atoms with E-state index >= 15 is 0 Å². The van der Waals surface area contributed by atoms with Crippen LogP contribution in [-0.4, -0.2) is 36.8 Å². The van der Waals surface area contributed by atoms with E-state index in [1.54, 1.807) is 24.3 Å². The Hall–Kier alpha value is -4.40. The van der Waals surface area contributed by atoms with E-state index < -0.39 is 30.9 Å². The minimum absolute atomic E-state index is 0.0528. The van der Waals surface area contributed by atoms with E-state index in [1.807, 2.05) is 37.3 Å². The molecule has 9 nitrogen and oxygen atoms in total. The minimum atomic E-state index is -0.798. The molecule has 1 heterocycles. The van der Waals surface area contributed by atoms with Gasteiger partial charge in [-0.25, -0.2) is 0 Å². The first-order valence-corrected chi connectivity index (χ1v) is 10.2. The van der Waals surface area contributed by atoms with Gasteiger partial charge in [0.2, 0.25) is 0 Å². The fourth-order valence-corrected chi connectivity index (χ4v) is 2.92. The fourth-order valence-electron chi connectivity index (χ4n) is 2.92. The van der Waals surface area contributed by atoms with Crippen LogP contribution in [0.4, 0.5) is 5.69 Å². The van der Waals surface area contributed by atoms with E-state index in [2.05, 4.69) is 16.0 Å². The van der Waals surface area contributed by atoms with Gasteiger partial charge in [0.05, 0.1) is 23.6 Å². The Bertz CT molecular complexity index is 1110. The van der Waals surface area contributed by atoms with Crippen LogP contribution in [0, 0.1) is 0 Å². The zero-order chi connectivity index (χ0) is 23.6. The van der Waals surface area contributed by atoms with Gasteiger partial charge < -0.3 is 25.1 Å². The van der Waals surface area contributed by atoms with Gasteiger partial charge in [-0.05, 0) is 36.8 Å². The predicted octanol–water partition coefficient (Wildman–Crippen LogP) is 2.68. The third-order valence-corrected chi connectivity index (χ3v) is 4.60. The standard InChI is InChI=1S/C24H23N3O6/c1-16(17-8-3-2-4-9-17)26-23(30)18-10-5-6-11-19(18)27-21(28)15-33-22(29)14-25-24(31)20-12-7-13-32-20/h2-13,16H,14-15H2,1H3,(H,25,31)(H,26,30)(H,27,28). The molecule has 1 aromatic heterocycles. The van der Waals surface area contributed by atoms with E-state index in [4.69, 9.17) is 9.15 Å². The molecule has 0 bridgehead atoms. The lowest BCUT2D eigenvalue weighted by Crippen LogP contribution is -2.32. The number of para-hydroxylation sites is 1. The van der Waals surface area contributed by atoms with Crippen molar-refractivity contribution in [1.82, 2.24) is 10.6 Å². The summed E-state index contributed by atoms with van der Waals surface area (Å²) in [6, 6.07) is 18.7. The number of nitrogens with one attached hydrogen (secondary N) is 3. The summed E-state index contributed by atoms with van der Waals surface area (Å²) in [7, 11) is 0. The maximum absolute atomic E-state index is 12.7. The van der Waals surface area contributed by atoms with Gasteiger partial charge in [0.1, 0.15) is 6.54 Å². The van der Waals surface area contributed by atoms with Crippen molar-refractivity contribution < 1.29 is 28.3 Å². The molecule has 3 rings (SSSR count). The van der Waals surface area contributed by atoms with Crippen molar-refractivity contribution in [3.05, 3.63) is 89.9 Å². The summed E-state index contributed by atoms with van der Waals surface area (Å²) >= 11 is 0. The normalized spacial score (nSPS) is 11.2. The molecule has 3 amide bonds. The van der Waals surface area contributed by atoms with Crippen molar-refractivity contribution >= 4 is 29.4 Å². The molecule has 0 fully saturated rings. The molecule has 1 unspecified atom stereocenters. The topological polar surface area (TPSA) is 127 Å². The Labute approximate surface area is 190 Å². The van der Waals surface area contributed by atoms with E-state index in [1.165, 1.54) is 18.4 Å². The minimum Gasteiger partial charge on any atom is -0.459 e. The Morgan fingerprint density at radius 3 is 2.36 bits per heavy atom. The number of hydrogen-bond acceptors (Lipinski definition) is 6. The number of anilines is 1. The second-order valence-corrected chi connectivity index (χ2v) is 7.02. The summed E-state index contributed by atoms with van der Waals surface area (Å²) in [5, 5.41) is 7.78. The molecule has 170 valence electrons. The lowest BCUT2D eigenvalue weighted by atomic mass is 10.1. The van der Waals surface area contributed by atoms with Crippen LogP contribution in [-0.2, 0) is 14.3 Å². The summed E-state index contributed by atoms with van der Waals surface area (Å²) in [6.45, 7) is 0.855. The van der Waals surface area contributed by atoms with Gasteiger partial charge in [0.25, 0.3) is 17.7 Å². The molecule has 9 heteroatoms. The number of rotatable bonds is 9. The number of carbonyl (C=O) groups excluding carboxylic acids is 4. The van der Waals surface area contributed by atoms with Crippen LogP contribution < -0.4 is 16.0 Å². The summed E-state index contributed by atoms with van der Waals surface area (Å²) in [5.74, 6) is -2.31. The molecule has 0 aliphatic heterocycles. The maximum atomic E-state index is 12.7. The van der Waals surface area contributed by atoms with Gasteiger partial charge >= 0.3 is 5.97 Å². The van der Waals surface area contributed by atoms with Gasteiger partial charge in [0.15, 0.2) is 12.4 Å². The molecular weight excluding hydrogens is 426 g/mol. The highest BCUT2D eigenvalue weighted by Gasteiger charge is 2.17. The lowest BCUT2D eigenvalue weighted by Gasteiger charge is -2.16. The van der Waals surface area contributed by atoms with Crippen LogP contribution >= 0.6 is 0 Å². The third-order valence-electron chi connectivity index (χ3n) is 4.60. The van der Waals surface area contributed by atoms with E-state index in [-0.39, 0.29) is 29.0 Å². The summed E-state index contributed by atoms with van der Waals surface area (Å²) < 4.78 is 9.78. The number of esters is 1. The number of ether oxygens (including phenoxy) is 1. The highest BCUT2D eigenvalue weighted by Crippen LogP contribution is 2.18. The Morgan fingerprint density at radius 2 is 1.64 bits per heavy atom. The Kier molecular flexibility index (Phi) is 7.96. The average Bonchev–Trinajstić information content (AvgIpc) is 3.37.